The van der Waals surface area contributed by atoms with E-state index < -0.39 is 0 Å². The highest BCUT2D eigenvalue weighted by molar-refractivity contribution is 7.07. The molecule has 6 heteroatoms. The molecule has 0 spiro atoms. The van der Waals surface area contributed by atoms with Gasteiger partial charge in [0.1, 0.15) is 5.82 Å². The first-order valence-corrected chi connectivity index (χ1v) is 5.51. The molecule has 2 aromatic heterocycles. The lowest BCUT2D eigenvalue weighted by Crippen LogP contribution is -2.29. The Morgan fingerprint density at radius 1 is 1.60 bits per heavy atom. The fraction of sp³-hybridized carbons (Fsp3) is 0.222. The summed E-state index contributed by atoms with van der Waals surface area (Å²) >= 11 is 1.67. The highest BCUT2D eigenvalue weighted by Gasteiger charge is 2.15. The molecule has 0 aromatic carbocycles. The monoisotopic (exact) mass is 223 g/mol. The van der Waals surface area contributed by atoms with E-state index in [0.717, 1.165) is 12.0 Å². The smallest absolute Gasteiger partial charge is 0.123 e. The van der Waals surface area contributed by atoms with Crippen LogP contribution < -0.4 is 17.0 Å². The van der Waals surface area contributed by atoms with Gasteiger partial charge in [0.25, 0.3) is 0 Å². The first-order valence-electron chi connectivity index (χ1n) is 4.57. The second-order valence-corrected chi connectivity index (χ2v) is 4.07. The summed E-state index contributed by atoms with van der Waals surface area (Å²) in [5, 5.41) is 10.7. The summed E-state index contributed by atoms with van der Waals surface area (Å²) in [4.78, 5) is 0. The minimum absolute atomic E-state index is 0.00153. The molecule has 0 saturated heterocycles. The zero-order chi connectivity index (χ0) is 10.7. The van der Waals surface area contributed by atoms with Crippen molar-refractivity contribution in [1.29, 1.82) is 0 Å². The van der Waals surface area contributed by atoms with Crippen LogP contribution >= 0.6 is 11.3 Å². The molecule has 0 fully saturated rings. The minimum atomic E-state index is -0.00153. The molecule has 0 aliphatic heterocycles. The molecule has 2 aromatic rings. The van der Waals surface area contributed by atoms with Gasteiger partial charge in [-0.2, -0.15) is 16.4 Å². The summed E-state index contributed by atoms with van der Waals surface area (Å²) in [5.74, 6) is 6.07. The molecule has 1 atom stereocenters. The van der Waals surface area contributed by atoms with Gasteiger partial charge >= 0.3 is 0 Å². The number of hydrogen-bond acceptors (Lipinski definition) is 5. The van der Waals surface area contributed by atoms with Gasteiger partial charge in [-0.1, -0.05) is 0 Å². The van der Waals surface area contributed by atoms with Crippen LogP contribution in [-0.4, -0.2) is 10.2 Å². The van der Waals surface area contributed by atoms with Crippen molar-refractivity contribution in [2.45, 2.75) is 12.5 Å². The van der Waals surface area contributed by atoms with Crippen molar-refractivity contribution in [3.05, 3.63) is 34.2 Å². The van der Waals surface area contributed by atoms with Gasteiger partial charge < -0.3 is 5.73 Å². The van der Waals surface area contributed by atoms with Crippen molar-refractivity contribution in [2.75, 3.05) is 5.73 Å². The zero-order valence-electron chi connectivity index (χ0n) is 8.10. The van der Waals surface area contributed by atoms with E-state index in [1.807, 2.05) is 5.38 Å². The summed E-state index contributed by atoms with van der Waals surface area (Å²) < 4.78 is 0. The maximum absolute atomic E-state index is 5.73. The number of aromatic nitrogens is 2. The highest BCUT2D eigenvalue weighted by Crippen LogP contribution is 2.22. The predicted molar refractivity (Wildman–Crippen MR) is 61.1 cm³/mol. The zero-order valence-corrected chi connectivity index (χ0v) is 8.92. The number of nitrogens with zero attached hydrogens (tertiary/aromatic N) is 1. The van der Waals surface area contributed by atoms with Crippen LogP contribution in [0.3, 0.4) is 0 Å². The Hall–Kier alpha value is -1.37. The maximum atomic E-state index is 5.73. The van der Waals surface area contributed by atoms with Gasteiger partial charge in [-0.25, -0.2) is 0 Å². The van der Waals surface area contributed by atoms with Crippen LogP contribution in [-0.2, 0) is 6.42 Å². The first-order chi connectivity index (χ1) is 7.31. The Morgan fingerprint density at radius 3 is 3.00 bits per heavy atom. The normalized spacial score (nSPS) is 12.9. The van der Waals surface area contributed by atoms with E-state index >= 15 is 0 Å². The number of nitrogens with two attached hydrogens (primary N) is 2. The Kier molecular flexibility index (Phi) is 3.00. The topological polar surface area (TPSA) is 92.7 Å². The molecule has 2 rings (SSSR count). The number of H-pyrrole nitrogens is 1. The maximum Gasteiger partial charge on any atom is 0.123 e. The van der Waals surface area contributed by atoms with Gasteiger partial charge in [0.15, 0.2) is 0 Å². The molecule has 0 bridgehead atoms. The Labute approximate surface area is 91.5 Å². The molecule has 2 heterocycles. The summed E-state index contributed by atoms with van der Waals surface area (Å²) in [5.41, 5.74) is 10.6. The molecule has 0 saturated carbocycles. The van der Waals surface area contributed by atoms with Crippen LogP contribution in [0.25, 0.3) is 0 Å². The van der Waals surface area contributed by atoms with Crippen molar-refractivity contribution in [3.63, 3.8) is 0 Å². The van der Waals surface area contributed by atoms with Gasteiger partial charge in [0.05, 0.1) is 12.2 Å². The van der Waals surface area contributed by atoms with Crippen LogP contribution in [0, 0.1) is 0 Å². The van der Waals surface area contributed by atoms with Crippen molar-refractivity contribution < 1.29 is 0 Å². The van der Waals surface area contributed by atoms with Gasteiger partial charge in [0, 0.05) is 5.56 Å². The second kappa shape index (κ2) is 4.43. The van der Waals surface area contributed by atoms with E-state index in [-0.39, 0.29) is 6.04 Å². The number of thiophene rings is 1. The molecule has 0 aliphatic rings. The average Bonchev–Trinajstić information content (AvgIpc) is 2.85. The van der Waals surface area contributed by atoms with Crippen molar-refractivity contribution in [2.24, 2.45) is 5.84 Å². The Balaban J connectivity index is 2.15. The number of nitrogens with one attached hydrogen (secondary N) is 2. The van der Waals surface area contributed by atoms with Gasteiger partial charge in [-0.15, -0.1) is 0 Å². The third-order valence-corrected chi connectivity index (χ3v) is 3.03. The van der Waals surface area contributed by atoms with Crippen molar-refractivity contribution in [3.8, 4) is 0 Å². The lowest BCUT2D eigenvalue weighted by atomic mass is 10.0. The molecular formula is C9H13N5S. The standard InChI is InChI=1S/C9H13N5S/c10-9-7(4-12-14-9)8(13-11)3-6-1-2-15-5-6/h1-2,4-5,8,13H,3,11H2,(H3,10,12,14). The summed E-state index contributed by atoms with van der Waals surface area (Å²) in [7, 11) is 0. The number of nitrogen functional groups attached to an aromatic ring is 1. The summed E-state index contributed by atoms with van der Waals surface area (Å²) in [6, 6.07) is 2.07. The van der Waals surface area contributed by atoms with Crippen LogP contribution in [0.2, 0.25) is 0 Å². The summed E-state index contributed by atoms with van der Waals surface area (Å²) in [6.45, 7) is 0. The molecule has 0 radical (unpaired) electrons. The third-order valence-electron chi connectivity index (χ3n) is 2.30. The largest absolute Gasteiger partial charge is 0.384 e. The molecule has 0 aliphatic carbocycles. The molecule has 6 N–H and O–H groups in total. The van der Waals surface area contributed by atoms with E-state index in [9.17, 15) is 0 Å². The number of hydrogen-bond donors (Lipinski definition) is 4. The van der Waals surface area contributed by atoms with Gasteiger partial charge in [-0.05, 0) is 28.8 Å². The van der Waals surface area contributed by atoms with Crippen LogP contribution in [0.4, 0.5) is 5.82 Å². The second-order valence-electron chi connectivity index (χ2n) is 3.29. The molecule has 0 amide bonds. The van der Waals surface area contributed by atoms with Crippen LogP contribution in [0.1, 0.15) is 17.2 Å². The molecule has 15 heavy (non-hydrogen) atoms. The Bertz CT molecular complexity index is 408. The van der Waals surface area contributed by atoms with E-state index in [0.29, 0.717) is 5.82 Å². The van der Waals surface area contributed by atoms with Crippen molar-refractivity contribution in [1.82, 2.24) is 15.6 Å². The lowest BCUT2D eigenvalue weighted by Gasteiger charge is -2.13. The van der Waals surface area contributed by atoms with E-state index in [4.69, 9.17) is 11.6 Å². The van der Waals surface area contributed by atoms with E-state index in [1.54, 1.807) is 17.5 Å². The SMILES string of the molecule is NNC(Cc1ccsc1)c1cn[nH]c1N. The lowest BCUT2D eigenvalue weighted by molar-refractivity contribution is 0.554. The van der Waals surface area contributed by atoms with Crippen LogP contribution in [0.5, 0.6) is 0 Å². The average molecular weight is 223 g/mol. The molecular weight excluding hydrogens is 210 g/mol. The number of aromatic amines is 1. The molecule has 5 nitrogen and oxygen atoms in total. The first kappa shape index (κ1) is 10.2. The number of rotatable bonds is 4. The minimum Gasteiger partial charge on any atom is -0.384 e. The third kappa shape index (κ3) is 2.17. The van der Waals surface area contributed by atoms with E-state index in [2.05, 4.69) is 27.1 Å². The summed E-state index contributed by atoms with van der Waals surface area (Å²) in [6.07, 6.45) is 2.51. The van der Waals surface area contributed by atoms with Gasteiger partial charge in [-0.3, -0.25) is 16.4 Å². The Morgan fingerprint density at radius 2 is 2.47 bits per heavy atom. The molecule has 1 unspecified atom stereocenters. The fourth-order valence-electron chi connectivity index (χ4n) is 1.49. The highest BCUT2D eigenvalue weighted by atomic mass is 32.1. The van der Waals surface area contributed by atoms with Crippen molar-refractivity contribution >= 4 is 17.2 Å². The van der Waals surface area contributed by atoms with Gasteiger partial charge in [0.2, 0.25) is 0 Å². The fourth-order valence-corrected chi connectivity index (χ4v) is 2.17. The molecule has 80 valence electrons. The number of anilines is 1. The number of hydrazine groups is 1. The quantitative estimate of drug-likeness (QED) is 0.455. The van der Waals surface area contributed by atoms with Crippen LogP contribution in [0.15, 0.2) is 23.0 Å². The van der Waals surface area contributed by atoms with E-state index in [1.165, 1.54) is 5.56 Å². The predicted octanol–water partition coefficient (Wildman–Crippen LogP) is 0.800.